The standard InChI is InChI=1S/C24H30F3N3O/c1-3-4-5-6-16(2)14-30-21-10-12-29-23(18-9-11-28-15-20(18)21)19-8-7-17(13-22(19)31)24(25,26)27/h7-9,11,13,15-16,29-31H,3-6,10,12,14H2,1-2H3. The Morgan fingerprint density at radius 2 is 2.00 bits per heavy atom. The number of nitrogens with zero attached hydrogens (tertiary/aromatic N) is 1. The topological polar surface area (TPSA) is 57.2 Å². The van der Waals surface area contributed by atoms with E-state index in [1.54, 1.807) is 12.4 Å². The second-order valence-corrected chi connectivity index (χ2v) is 8.16. The van der Waals surface area contributed by atoms with Crippen molar-refractivity contribution in [3.05, 3.63) is 58.2 Å². The van der Waals surface area contributed by atoms with Gasteiger partial charge >= 0.3 is 6.18 Å². The number of alkyl halides is 3. The highest BCUT2D eigenvalue weighted by molar-refractivity contribution is 5.70. The monoisotopic (exact) mass is 433 g/mol. The number of hydrogen-bond acceptors (Lipinski definition) is 4. The van der Waals surface area contributed by atoms with E-state index in [0.717, 1.165) is 41.2 Å². The molecule has 1 aromatic heterocycles. The minimum atomic E-state index is -4.50. The second-order valence-electron chi connectivity index (χ2n) is 8.16. The lowest BCUT2D eigenvalue weighted by Gasteiger charge is -2.16. The van der Waals surface area contributed by atoms with Crippen LogP contribution in [0.3, 0.4) is 0 Å². The van der Waals surface area contributed by atoms with Crippen LogP contribution < -0.4 is 21.1 Å². The number of phenols is 1. The average molecular weight is 434 g/mol. The number of aromatic hydroxyl groups is 1. The lowest BCUT2D eigenvalue weighted by Crippen LogP contribution is -2.35. The van der Waals surface area contributed by atoms with E-state index in [4.69, 9.17) is 0 Å². The first-order valence-electron chi connectivity index (χ1n) is 10.9. The number of fused-ring (bicyclic) bond motifs is 1. The molecule has 4 nitrogen and oxygen atoms in total. The lowest BCUT2D eigenvalue weighted by atomic mass is 10.0. The third-order valence-corrected chi connectivity index (χ3v) is 5.65. The van der Waals surface area contributed by atoms with Gasteiger partial charge in [-0.3, -0.25) is 4.98 Å². The van der Waals surface area contributed by atoms with Crippen molar-refractivity contribution in [3.63, 3.8) is 0 Å². The van der Waals surface area contributed by atoms with Crippen LogP contribution in [0.2, 0.25) is 0 Å². The van der Waals surface area contributed by atoms with Gasteiger partial charge in [0.15, 0.2) is 0 Å². The van der Waals surface area contributed by atoms with Crippen LogP contribution in [0.1, 0.15) is 57.1 Å². The Morgan fingerprint density at radius 3 is 2.71 bits per heavy atom. The van der Waals surface area contributed by atoms with Crippen molar-refractivity contribution < 1.29 is 18.3 Å². The van der Waals surface area contributed by atoms with Crippen molar-refractivity contribution in [2.24, 2.45) is 5.92 Å². The SMILES string of the molecule is CCCCCC(C)CNC1=c2cnccc2=C(c2ccc(C(F)(F)F)cc2O)NCC1. The summed E-state index contributed by atoms with van der Waals surface area (Å²) in [7, 11) is 0. The molecule has 1 aliphatic heterocycles. The fourth-order valence-corrected chi connectivity index (χ4v) is 3.88. The molecule has 0 aliphatic carbocycles. The van der Waals surface area contributed by atoms with Gasteiger partial charge in [0.1, 0.15) is 5.75 Å². The minimum Gasteiger partial charge on any atom is -0.507 e. The molecular weight excluding hydrogens is 403 g/mol. The summed E-state index contributed by atoms with van der Waals surface area (Å²) in [6, 6.07) is 4.92. The van der Waals surface area contributed by atoms with Crippen molar-refractivity contribution >= 4 is 11.4 Å². The molecule has 0 amide bonds. The molecule has 7 heteroatoms. The van der Waals surface area contributed by atoms with E-state index < -0.39 is 17.5 Å². The van der Waals surface area contributed by atoms with Crippen molar-refractivity contribution in [2.45, 2.75) is 52.1 Å². The number of unbranched alkanes of at least 4 members (excludes halogenated alkanes) is 2. The molecule has 1 aromatic carbocycles. The zero-order chi connectivity index (χ0) is 22.4. The minimum absolute atomic E-state index is 0.342. The number of phenolic OH excluding ortho intramolecular Hbond substituents is 1. The van der Waals surface area contributed by atoms with Crippen LogP contribution in [0, 0.1) is 5.92 Å². The zero-order valence-corrected chi connectivity index (χ0v) is 18.0. The van der Waals surface area contributed by atoms with E-state index in [0.29, 0.717) is 23.7 Å². The largest absolute Gasteiger partial charge is 0.507 e. The maximum absolute atomic E-state index is 13.0. The maximum Gasteiger partial charge on any atom is 0.416 e. The van der Waals surface area contributed by atoms with Crippen molar-refractivity contribution in [2.75, 3.05) is 13.1 Å². The molecule has 1 aliphatic rings. The smallest absolute Gasteiger partial charge is 0.416 e. The van der Waals surface area contributed by atoms with E-state index in [1.165, 1.54) is 31.7 Å². The fraction of sp³-hybridized carbons (Fsp3) is 0.458. The van der Waals surface area contributed by atoms with Gasteiger partial charge in [0.2, 0.25) is 0 Å². The predicted octanol–water partition coefficient (Wildman–Crippen LogP) is 3.87. The second kappa shape index (κ2) is 10.1. The number of benzene rings is 1. The Labute approximate surface area is 180 Å². The highest BCUT2D eigenvalue weighted by Gasteiger charge is 2.31. The summed E-state index contributed by atoms with van der Waals surface area (Å²) in [5, 5.41) is 19.0. The van der Waals surface area contributed by atoms with E-state index in [1.807, 2.05) is 6.07 Å². The Kier molecular flexibility index (Phi) is 7.46. The van der Waals surface area contributed by atoms with Gasteiger partial charge < -0.3 is 15.7 Å². The van der Waals surface area contributed by atoms with Gasteiger partial charge in [-0.05, 0) is 36.6 Å². The summed E-state index contributed by atoms with van der Waals surface area (Å²) in [6.07, 6.45) is 4.49. The van der Waals surface area contributed by atoms with Crippen LogP contribution in [0.4, 0.5) is 13.2 Å². The highest BCUT2D eigenvalue weighted by Crippen LogP contribution is 2.34. The molecule has 0 radical (unpaired) electrons. The molecule has 0 bridgehead atoms. The van der Waals surface area contributed by atoms with E-state index in [2.05, 4.69) is 29.5 Å². The Bertz CT molecular complexity index is 1020. The van der Waals surface area contributed by atoms with Gasteiger partial charge in [0.05, 0.1) is 11.3 Å². The van der Waals surface area contributed by atoms with E-state index >= 15 is 0 Å². The van der Waals surface area contributed by atoms with E-state index in [9.17, 15) is 18.3 Å². The third-order valence-electron chi connectivity index (χ3n) is 5.65. The molecule has 2 heterocycles. The molecule has 0 saturated heterocycles. The summed E-state index contributed by atoms with van der Waals surface area (Å²) < 4.78 is 39.0. The van der Waals surface area contributed by atoms with Crippen LogP contribution in [0.15, 0.2) is 36.7 Å². The quantitative estimate of drug-likeness (QED) is 0.554. The van der Waals surface area contributed by atoms with Crippen LogP contribution in [0.5, 0.6) is 5.75 Å². The number of hydrogen-bond donors (Lipinski definition) is 3. The first-order valence-corrected chi connectivity index (χ1v) is 10.9. The molecule has 3 rings (SSSR count). The van der Waals surface area contributed by atoms with Gasteiger partial charge in [-0.15, -0.1) is 0 Å². The van der Waals surface area contributed by atoms with Crippen LogP contribution >= 0.6 is 0 Å². The Morgan fingerprint density at radius 1 is 1.19 bits per heavy atom. The van der Waals surface area contributed by atoms with Gasteiger partial charge in [0.25, 0.3) is 0 Å². The number of rotatable bonds is 8. The molecule has 3 N–H and O–H groups in total. The predicted molar refractivity (Wildman–Crippen MR) is 116 cm³/mol. The molecule has 0 saturated carbocycles. The maximum atomic E-state index is 13.0. The summed E-state index contributed by atoms with van der Waals surface area (Å²) in [5.74, 6) is 0.138. The Hall–Kier alpha value is -2.70. The fourth-order valence-electron chi connectivity index (χ4n) is 3.88. The number of nitrogens with one attached hydrogen (secondary N) is 2. The van der Waals surface area contributed by atoms with Gasteiger partial charge in [0, 0.05) is 53.6 Å². The number of pyridine rings is 1. The third kappa shape index (κ3) is 5.71. The molecule has 168 valence electrons. The first kappa shape index (κ1) is 23.0. The van der Waals surface area contributed by atoms with Crippen LogP contribution in [0.25, 0.3) is 11.4 Å². The van der Waals surface area contributed by atoms with Gasteiger partial charge in [-0.2, -0.15) is 13.2 Å². The van der Waals surface area contributed by atoms with Crippen molar-refractivity contribution in [1.82, 2.24) is 15.6 Å². The van der Waals surface area contributed by atoms with E-state index in [-0.39, 0.29) is 0 Å². The summed E-state index contributed by atoms with van der Waals surface area (Å²) in [6.45, 7) is 5.88. The summed E-state index contributed by atoms with van der Waals surface area (Å²) in [5.41, 5.74) is 1.13. The van der Waals surface area contributed by atoms with Crippen LogP contribution in [-0.4, -0.2) is 23.2 Å². The highest BCUT2D eigenvalue weighted by atomic mass is 19.4. The molecule has 2 aromatic rings. The van der Waals surface area contributed by atoms with Gasteiger partial charge in [-0.1, -0.05) is 33.1 Å². The van der Waals surface area contributed by atoms with Crippen molar-refractivity contribution in [3.8, 4) is 5.75 Å². The molecule has 1 atom stereocenters. The van der Waals surface area contributed by atoms with Crippen LogP contribution in [-0.2, 0) is 6.18 Å². The number of aromatic nitrogens is 1. The Balaban J connectivity index is 1.98. The average Bonchev–Trinajstić information content (AvgIpc) is 2.91. The first-order chi connectivity index (χ1) is 14.8. The summed E-state index contributed by atoms with van der Waals surface area (Å²) >= 11 is 0. The van der Waals surface area contributed by atoms with Crippen molar-refractivity contribution in [1.29, 1.82) is 0 Å². The lowest BCUT2D eigenvalue weighted by molar-refractivity contribution is -0.137. The zero-order valence-electron chi connectivity index (χ0n) is 18.0. The molecular formula is C24H30F3N3O. The molecule has 31 heavy (non-hydrogen) atoms. The normalized spacial score (nSPS) is 15.1. The number of halogens is 3. The summed E-state index contributed by atoms with van der Waals surface area (Å²) in [4.78, 5) is 4.26. The molecule has 1 unspecified atom stereocenters. The molecule has 0 fully saturated rings. The van der Waals surface area contributed by atoms with Gasteiger partial charge in [-0.25, -0.2) is 0 Å². The molecule has 0 spiro atoms.